The number of carbonyl (C=O) groups is 2. The van der Waals surface area contributed by atoms with Crippen LogP contribution in [0.1, 0.15) is 35.9 Å². The molecule has 0 bridgehead atoms. The Kier molecular flexibility index (Phi) is 4.97. The van der Waals surface area contributed by atoms with E-state index in [1.807, 2.05) is 0 Å². The molecule has 0 saturated heterocycles. The van der Waals surface area contributed by atoms with Crippen LogP contribution >= 0.6 is 23.2 Å². The summed E-state index contributed by atoms with van der Waals surface area (Å²) in [6.45, 7) is 6.58. The lowest BCUT2D eigenvalue weighted by Gasteiger charge is -2.17. The first-order chi connectivity index (χ1) is 8.73. The van der Waals surface area contributed by atoms with Crippen LogP contribution < -0.4 is 0 Å². The molecular weight excluding hydrogens is 291 g/mol. The molecular formula is C13H12Cl2O4. The van der Waals surface area contributed by atoms with Crippen LogP contribution in [0.25, 0.3) is 0 Å². The highest BCUT2D eigenvalue weighted by atomic mass is 35.5. The zero-order chi connectivity index (χ0) is 14.7. The molecule has 0 saturated carbocycles. The number of benzene rings is 1. The molecule has 0 aliphatic heterocycles. The van der Waals surface area contributed by atoms with Crippen molar-refractivity contribution in [2.75, 3.05) is 0 Å². The third-order valence-corrected chi connectivity index (χ3v) is 2.99. The number of carboxylic acids is 1. The number of aromatic carboxylic acids is 1. The van der Waals surface area contributed by atoms with E-state index in [0.717, 1.165) is 0 Å². The first-order valence-electron chi connectivity index (χ1n) is 5.32. The molecule has 4 nitrogen and oxygen atoms in total. The van der Waals surface area contributed by atoms with Gasteiger partial charge in [-0.2, -0.15) is 0 Å². The van der Waals surface area contributed by atoms with Gasteiger partial charge in [-0.15, -0.1) is 0 Å². The van der Waals surface area contributed by atoms with Crippen molar-refractivity contribution in [1.29, 1.82) is 0 Å². The molecule has 1 N–H and O–H groups in total. The fourth-order valence-electron chi connectivity index (χ4n) is 1.42. The molecule has 102 valence electrons. The fraction of sp³-hybridized carbons (Fsp3) is 0.231. The van der Waals surface area contributed by atoms with Crippen LogP contribution in [0, 0.1) is 0 Å². The molecule has 1 aromatic rings. The van der Waals surface area contributed by atoms with Gasteiger partial charge >= 0.3 is 11.9 Å². The summed E-state index contributed by atoms with van der Waals surface area (Å²) < 4.78 is 5.11. The van der Waals surface area contributed by atoms with Crippen LogP contribution in [-0.4, -0.2) is 17.0 Å². The van der Waals surface area contributed by atoms with Gasteiger partial charge in [0, 0.05) is 21.2 Å². The van der Waals surface area contributed by atoms with E-state index in [4.69, 9.17) is 33.0 Å². The van der Waals surface area contributed by atoms with Gasteiger partial charge < -0.3 is 9.84 Å². The smallest absolute Gasteiger partial charge is 0.335 e. The van der Waals surface area contributed by atoms with Crippen molar-refractivity contribution in [3.8, 4) is 0 Å². The molecule has 0 aromatic heterocycles. The second-order valence-corrected chi connectivity index (χ2v) is 4.80. The number of esters is 1. The predicted octanol–water partition coefficient (Wildman–Crippen LogP) is 3.87. The molecule has 1 unspecified atom stereocenters. The van der Waals surface area contributed by atoms with Crippen LogP contribution in [0.3, 0.4) is 0 Å². The van der Waals surface area contributed by atoms with Crippen molar-refractivity contribution in [1.82, 2.24) is 0 Å². The number of hydrogen-bond acceptors (Lipinski definition) is 3. The minimum atomic E-state index is -1.14. The fourth-order valence-corrected chi connectivity index (χ4v) is 2.21. The van der Waals surface area contributed by atoms with Gasteiger partial charge in [0.2, 0.25) is 0 Å². The van der Waals surface area contributed by atoms with Crippen LogP contribution in [0.15, 0.2) is 24.3 Å². The highest BCUT2D eigenvalue weighted by Crippen LogP contribution is 2.33. The van der Waals surface area contributed by atoms with Gasteiger partial charge in [0.25, 0.3) is 0 Å². The Morgan fingerprint density at radius 1 is 1.32 bits per heavy atom. The highest BCUT2D eigenvalue weighted by Gasteiger charge is 2.20. The van der Waals surface area contributed by atoms with E-state index in [2.05, 4.69) is 6.58 Å². The Labute approximate surface area is 120 Å². The molecule has 1 rings (SSSR count). The second-order valence-electron chi connectivity index (χ2n) is 3.99. The summed E-state index contributed by atoms with van der Waals surface area (Å²) in [5.74, 6) is -1.70. The number of carboxylic acid groups (broad SMARTS) is 1. The maximum absolute atomic E-state index is 11.4. The maximum Gasteiger partial charge on any atom is 0.335 e. The molecule has 19 heavy (non-hydrogen) atoms. The normalized spacial score (nSPS) is 11.8. The third-order valence-electron chi connectivity index (χ3n) is 2.36. The SMILES string of the molecule is C=C(C)C(=O)OC(C)c1c(Cl)cc(C(=O)O)cc1Cl. The van der Waals surface area contributed by atoms with Gasteiger partial charge in [-0.25, -0.2) is 9.59 Å². The topological polar surface area (TPSA) is 63.6 Å². The van der Waals surface area contributed by atoms with Crippen LogP contribution in [-0.2, 0) is 9.53 Å². The average molecular weight is 303 g/mol. The average Bonchev–Trinajstić information content (AvgIpc) is 2.27. The van der Waals surface area contributed by atoms with E-state index < -0.39 is 18.0 Å². The van der Waals surface area contributed by atoms with E-state index in [9.17, 15) is 9.59 Å². The molecule has 0 amide bonds. The second kappa shape index (κ2) is 6.08. The minimum Gasteiger partial charge on any atom is -0.478 e. The van der Waals surface area contributed by atoms with Gasteiger partial charge in [-0.1, -0.05) is 29.8 Å². The van der Waals surface area contributed by atoms with Crippen molar-refractivity contribution in [2.45, 2.75) is 20.0 Å². The monoisotopic (exact) mass is 302 g/mol. The minimum absolute atomic E-state index is 0.0304. The molecule has 0 aliphatic carbocycles. The Balaban J connectivity index is 3.10. The van der Waals surface area contributed by atoms with Gasteiger partial charge in [-0.05, 0) is 26.0 Å². The molecule has 0 spiro atoms. The highest BCUT2D eigenvalue weighted by molar-refractivity contribution is 6.36. The van der Waals surface area contributed by atoms with Gasteiger partial charge in [0.15, 0.2) is 0 Å². The summed E-state index contributed by atoms with van der Waals surface area (Å²) in [6, 6.07) is 2.52. The van der Waals surface area contributed by atoms with Crippen molar-refractivity contribution >= 4 is 35.1 Å². The first-order valence-corrected chi connectivity index (χ1v) is 6.08. The van der Waals surface area contributed by atoms with Crippen molar-refractivity contribution in [2.24, 2.45) is 0 Å². The summed E-state index contributed by atoms with van der Waals surface area (Å²) in [7, 11) is 0. The summed E-state index contributed by atoms with van der Waals surface area (Å²) >= 11 is 12.0. The maximum atomic E-state index is 11.4. The van der Waals surface area contributed by atoms with Gasteiger partial charge in [-0.3, -0.25) is 0 Å². The Morgan fingerprint density at radius 3 is 2.16 bits per heavy atom. The third kappa shape index (κ3) is 3.72. The zero-order valence-corrected chi connectivity index (χ0v) is 11.9. The van der Waals surface area contributed by atoms with E-state index in [1.165, 1.54) is 19.1 Å². The predicted molar refractivity (Wildman–Crippen MR) is 72.7 cm³/mol. The van der Waals surface area contributed by atoms with Crippen LogP contribution in [0.5, 0.6) is 0 Å². The number of rotatable bonds is 4. The largest absolute Gasteiger partial charge is 0.478 e. The van der Waals surface area contributed by atoms with E-state index >= 15 is 0 Å². The van der Waals surface area contributed by atoms with E-state index in [0.29, 0.717) is 5.56 Å². The molecule has 6 heteroatoms. The molecule has 1 aromatic carbocycles. The van der Waals surface area contributed by atoms with Crippen LogP contribution in [0.4, 0.5) is 0 Å². The Bertz CT molecular complexity index is 529. The lowest BCUT2D eigenvalue weighted by molar-refractivity contribution is -0.143. The molecule has 1 atom stereocenters. The molecule has 0 radical (unpaired) electrons. The quantitative estimate of drug-likeness (QED) is 0.677. The lowest BCUT2D eigenvalue weighted by Crippen LogP contribution is -2.10. The van der Waals surface area contributed by atoms with Crippen molar-refractivity contribution in [3.05, 3.63) is 45.5 Å². The summed E-state index contributed by atoms with van der Waals surface area (Å²) in [6.07, 6.45) is -0.702. The number of hydrogen-bond donors (Lipinski definition) is 1. The van der Waals surface area contributed by atoms with E-state index in [1.54, 1.807) is 6.92 Å². The number of halogens is 2. The Hall–Kier alpha value is -1.52. The van der Waals surface area contributed by atoms with Gasteiger partial charge in [0.05, 0.1) is 5.56 Å². The molecule has 0 aliphatic rings. The zero-order valence-electron chi connectivity index (χ0n) is 10.4. The van der Waals surface area contributed by atoms with Crippen molar-refractivity contribution in [3.63, 3.8) is 0 Å². The Morgan fingerprint density at radius 2 is 1.79 bits per heavy atom. The van der Waals surface area contributed by atoms with Crippen LogP contribution in [0.2, 0.25) is 10.0 Å². The summed E-state index contributed by atoms with van der Waals surface area (Å²) in [5, 5.41) is 9.13. The van der Waals surface area contributed by atoms with E-state index in [-0.39, 0.29) is 21.2 Å². The first kappa shape index (κ1) is 15.5. The molecule has 0 fully saturated rings. The molecule has 0 heterocycles. The number of ether oxygens (including phenoxy) is 1. The standard InChI is InChI=1S/C13H12Cl2O4/c1-6(2)13(18)19-7(3)11-9(14)4-8(12(16)17)5-10(11)15/h4-5,7H,1H2,2-3H3,(H,16,17). The summed E-state index contributed by atoms with van der Waals surface area (Å²) in [5.41, 5.74) is 0.585. The van der Waals surface area contributed by atoms with Crippen molar-refractivity contribution < 1.29 is 19.4 Å². The number of carbonyl (C=O) groups excluding carboxylic acids is 1. The lowest BCUT2D eigenvalue weighted by atomic mass is 10.1. The van der Waals surface area contributed by atoms with Gasteiger partial charge in [0.1, 0.15) is 6.10 Å². The summed E-state index contributed by atoms with van der Waals surface area (Å²) in [4.78, 5) is 22.3.